The highest BCUT2D eigenvalue weighted by Gasteiger charge is 2.36. The highest BCUT2D eigenvalue weighted by atomic mass is 19.4. The van der Waals surface area contributed by atoms with E-state index in [0.29, 0.717) is 19.4 Å². The van der Waals surface area contributed by atoms with E-state index in [-0.39, 0.29) is 24.4 Å². The van der Waals surface area contributed by atoms with Crippen molar-refractivity contribution >= 4 is 5.97 Å². The maximum atomic E-state index is 13.1. The lowest BCUT2D eigenvalue weighted by Gasteiger charge is -2.42. The van der Waals surface area contributed by atoms with E-state index in [0.717, 1.165) is 28.8 Å². The topological polar surface area (TPSA) is 40.5 Å². The zero-order valence-electron chi connectivity index (χ0n) is 17.9. The Morgan fingerprint density at radius 3 is 2.41 bits per heavy atom. The Morgan fingerprint density at radius 1 is 1.19 bits per heavy atom. The molecule has 3 nitrogen and oxygen atoms in total. The summed E-state index contributed by atoms with van der Waals surface area (Å²) < 4.78 is 39.2. The minimum Gasteiger partial charge on any atom is -0.481 e. The molecule has 1 heterocycles. The maximum absolute atomic E-state index is 13.1. The minimum atomic E-state index is -4.41. The summed E-state index contributed by atoms with van der Waals surface area (Å²) in [5.74, 6) is 5.41. The highest BCUT2D eigenvalue weighted by molar-refractivity contribution is 5.67. The molecule has 0 unspecified atom stereocenters. The van der Waals surface area contributed by atoms with Crippen LogP contribution in [0.3, 0.4) is 0 Å². The van der Waals surface area contributed by atoms with Gasteiger partial charge in [-0.3, -0.25) is 9.69 Å². The number of carbonyl (C=O) groups is 1. The van der Waals surface area contributed by atoms with Crippen molar-refractivity contribution in [2.24, 2.45) is 5.92 Å². The second kappa shape index (κ2) is 10.1. The number of hydrogen-bond acceptors (Lipinski definition) is 2. The fourth-order valence-corrected chi connectivity index (χ4v) is 4.20. The van der Waals surface area contributed by atoms with Gasteiger partial charge in [-0.05, 0) is 54.5 Å². The molecule has 0 amide bonds. The number of hydrogen-bond donors (Lipinski definition) is 1. The van der Waals surface area contributed by atoms with Crippen LogP contribution < -0.4 is 0 Å². The lowest BCUT2D eigenvalue weighted by Crippen LogP contribution is -2.39. The predicted molar refractivity (Wildman–Crippen MR) is 118 cm³/mol. The number of piperidine rings is 1. The average molecular weight is 441 g/mol. The second-order valence-corrected chi connectivity index (χ2v) is 8.22. The third-order valence-corrected chi connectivity index (χ3v) is 5.71. The zero-order chi connectivity index (χ0) is 23.3. The van der Waals surface area contributed by atoms with Crippen LogP contribution in [0.2, 0.25) is 0 Å². The van der Waals surface area contributed by atoms with E-state index < -0.39 is 17.7 Å². The fourth-order valence-electron chi connectivity index (χ4n) is 4.20. The predicted octanol–water partition coefficient (Wildman–Crippen LogP) is 6.25. The number of nitrogens with zero attached hydrogens (tertiary/aromatic N) is 1. The molecular weight excluding hydrogens is 415 g/mol. The quantitative estimate of drug-likeness (QED) is 0.557. The van der Waals surface area contributed by atoms with E-state index in [1.54, 1.807) is 0 Å². The molecule has 1 fully saturated rings. The van der Waals surface area contributed by atoms with Crippen LogP contribution >= 0.6 is 0 Å². The molecule has 6 heteroatoms. The van der Waals surface area contributed by atoms with Gasteiger partial charge in [0.2, 0.25) is 0 Å². The van der Waals surface area contributed by atoms with Gasteiger partial charge in [0.15, 0.2) is 0 Å². The first-order valence-corrected chi connectivity index (χ1v) is 10.5. The van der Waals surface area contributed by atoms with Crippen LogP contribution in [0.5, 0.6) is 0 Å². The summed E-state index contributed by atoms with van der Waals surface area (Å²) in [4.78, 5) is 13.5. The van der Waals surface area contributed by atoms with Crippen LogP contribution in [-0.2, 0) is 11.0 Å². The first-order valence-electron chi connectivity index (χ1n) is 10.5. The lowest BCUT2D eigenvalue weighted by atomic mass is 9.83. The van der Waals surface area contributed by atoms with Crippen molar-refractivity contribution in [2.45, 2.75) is 44.4 Å². The SMILES string of the molecule is C=C(C)C#C[C@@H](c1ccccc1)N1CC[C@H](CC(=O)O)C[C@@H]1c1ccc(C(F)(F)F)cc1. The van der Waals surface area contributed by atoms with Crippen molar-refractivity contribution in [3.8, 4) is 11.8 Å². The molecule has 2 aromatic rings. The summed E-state index contributed by atoms with van der Waals surface area (Å²) in [6.07, 6.45) is -3.15. The average Bonchev–Trinajstić information content (AvgIpc) is 2.74. The van der Waals surface area contributed by atoms with E-state index in [4.69, 9.17) is 0 Å². The molecule has 0 saturated carbocycles. The Bertz CT molecular complexity index is 1000. The molecule has 0 aliphatic carbocycles. The summed E-state index contributed by atoms with van der Waals surface area (Å²) in [7, 11) is 0. The molecule has 168 valence electrons. The van der Waals surface area contributed by atoms with Gasteiger partial charge in [0.1, 0.15) is 0 Å². The number of allylic oxidation sites excluding steroid dienone is 1. The Kier molecular flexibility index (Phi) is 7.42. The van der Waals surface area contributed by atoms with E-state index in [2.05, 4.69) is 23.3 Å². The molecule has 3 atom stereocenters. The van der Waals surface area contributed by atoms with Crippen molar-refractivity contribution in [2.75, 3.05) is 6.54 Å². The molecule has 1 N–H and O–H groups in total. The third-order valence-electron chi connectivity index (χ3n) is 5.71. The first-order chi connectivity index (χ1) is 15.1. The fraction of sp³-hybridized carbons (Fsp3) is 0.346. The largest absolute Gasteiger partial charge is 0.481 e. The van der Waals surface area contributed by atoms with Gasteiger partial charge in [0.25, 0.3) is 0 Å². The lowest BCUT2D eigenvalue weighted by molar-refractivity contribution is -0.139. The van der Waals surface area contributed by atoms with Crippen molar-refractivity contribution < 1.29 is 23.1 Å². The standard InChI is InChI=1S/C26H26F3NO2/c1-18(2)8-13-23(20-6-4-3-5-7-20)30-15-14-19(17-25(31)32)16-24(30)21-9-11-22(12-10-21)26(27,28)29/h3-7,9-12,19,23-24H,1,14-17H2,2H3,(H,31,32)/t19-,23-,24+/m0/s1. The maximum Gasteiger partial charge on any atom is 0.416 e. The van der Waals surface area contributed by atoms with Crippen LogP contribution in [0.1, 0.15) is 55.0 Å². The number of aliphatic carboxylic acids is 1. The zero-order valence-corrected chi connectivity index (χ0v) is 17.9. The van der Waals surface area contributed by atoms with Gasteiger partial charge >= 0.3 is 12.1 Å². The second-order valence-electron chi connectivity index (χ2n) is 8.22. The summed E-state index contributed by atoms with van der Waals surface area (Å²) in [5, 5.41) is 9.28. The monoisotopic (exact) mass is 441 g/mol. The molecule has 1 saturated heterocycles. The third kappa shape index (κ3) is 6.02. The number of carboxylic acid groups (broad SMARTS) is 1. The number of alkyl halides is 3. The Labute approximate surface area is 186 Å². The molecular formula is C26H26F3NO2. The van der Waals surface area contributed by atoms with Crippen LogP contribution in [-0.4, -0.2) is 22.5 Å². The highest BCUT2D eigenvalue weighted by Crippen LogP contribution is 2.41. The summed E-state index contributed by atoms with van der Waals surface area (Å²) in [6, 6.07) is 14.4. The van der Waals surface area contributed by atoms with E-state index in [1.165, 1.54) is 12.1 Å². The normalized spacial score (nSPS) is 20.1. The van der Waals surface area contributed by atoms with Gasteiger partial charge in [-0.15, -0.1) is 0 Å². The van der Waals surface area contributed by atoms with Crippen molar-refractivity contribution in [3.05, 3.63) is 83.4 Å². The van der Waals surface area contributed by atoms with E-state index in [9.17, 15) is 23.1 Å². The molecule has 1 aliphatic rings. The van der Waals surface area contributed by atoms with Crippen molar-refractivity contribution in [1.29, 1.82) is 0 Å². The first kappa shape index (κ1) is 23.6. The Balaban J connectivity index is 2.01. The van der Waals surface area contributed by atoms with Crippen LogP contribution in [0, 0.1) is 17.8 Å². The van der Waals surface area contributed by atoms with Gasteiger partial charge in [-0.25, -0.2) is 0 Å². The number of likely N-dealkylation sites (tertiary alicyclic amines) is 1. The summed E-state index contributed by atoms with van der Waals surface area (Å²) in [6.45, 7) is 6.27. The van der Waals surface area contributed by atoms with Gasteiger partial charge in [-0.1, -0.05) is 60.9 Å². The minimum absolute atomic E-state index is 0.0401. The van der Waals surface area contributed by atoms with Crippen LogP contribution in [0.4, 0.5) is 13.2 Å². The molecule has 1 aliphatic heterocycles. The number of halogens is 3. The summed E-state index contributed by atoms with van der Waals surface area (Å²) >= 11 is 0. The Morgan fingerprint density at radius 2 is 1.84 bits per heavy atom. The molecule has 0 aromatic heterocycles. The van der Waals surface area contributed by atoms with Crippen LogP contribution in [0.15, 0.2) is 66.7 Å². The molecule has 0 spiro atoms. The van der Waals surface area contributed by atoms with Crippen LogP contribution in [0.25, 0.3) is 0 Å². The van der Waals surface area contributed by atoms with E-state index >= 15 is 0 Å². The van der Waals surface area contributed by atoms with Gasteiger partial charge < -0.3 is 5.11 Å². The number of rotatable bonds is 5. The molecule has 2 aromatic carbocycles. The van der Waals surface area contributed by atoms with Gasteiger partial charge in [0.05, 0.1) is 11.6 Å². The molecule has 0 bridgehead atoms. The molecule has 3 rings (SSSR count). The Hall–Kier alpha value is -3.04. The van der Waals surface area contributed by atoms with Crippen molar-refractivity contribution in [1.82, 2.24) is 4.90 Å². The summed E-state index contributed by atoms with van der Waals surface area (Å²) in [5.41, 5.74) is 1.73. The van der Waals surface area contributed by atoms with Gasteiger partial charge in [0, 0.05) is 19.0 Å². The molecule has 0 radical (unpaired) electrons. The van der Waals surface area contributed by atoms with Gasteiger partial charge in [-0.2, -0.15) is 13.2 Å². The smallest absolute Gasteiger partial charge is 0.416 e. The number of benzene rings is 2. The molecule has 32 heavy (non-hydrogen) atoms. The van der Waals surface area contributed by atoms with E-state index in [1.807, 2.05) is 37.3 Å². The van der Waals surface area contributed by atoms with Crippen molar-refractivity contribution in [3.63, 3.8) is 0 Å². The number of carboxylic acids is 1.